The van der Waals surface area contributed by atoms with Crippen molar-refractivity contribution >= 4 is 17.4 Å². The van der Waals surface area contributed by atoms with E-state index in [1.165, 1.54) is 17.5 Å². The zero-order valence-corrected chi connectivity index (χ0v) is 8.49. The third-order valence-corrected chi connectivity index (χ3v) is 1.75. The number of hydrogen-bond donors (Lipinski definition) is 1. The van der Waals surface area contributed by atoms with Crippen LogP contribution in [0.1, 0.15) is 13.8 Å². The van der Waals surface area contributed by atoms with Crippen LogP contribution in [0.25, 0.3) is 0 Å². The number of rotatable bonds is 3. The lowest BCUT2D eigenvalue weighted by Crippen LogP contribution is -2.35. The van der Waals surface area contributed by atoms with Crippen molar-refractivity contribution in [1.29, 1.82) is 0 Å². The van der Waals surface area contributed by atoms with Gasteiger partial charge in [-0.3, -0.25) is 5.01 Å². The Morgan fingerprint density at radius 3 is 2.85 bits per heavy atom. The van der Waals surface area contributed by atoms with Gasteiger partial charge in [0.15, 0.2) is 5.82 Å². The smallest absolute Gasteiger partial charge is 0.164 e. The molecule has 0 unspecified atom stereocenters. The van der Waals surface area contributed by atoms with Gasteiger partial charge in [-0.15, -0.1) is 0 Å². The number of halogens is 1. The molecular weight excluding hydrogens is 188 g/mol. The molecule has 0 atom stereocenters. The van der Waals surface area contributed by atoms with Crippen LogP contribution in [0.2, 0.25) is 5.02 Å². The summed E-state index contributed by atoms with van der Waals surface area (Å²) in [5.41, 5.74) is 0. The van der Waals surface area contributed by atoms with Gasteiger partial charge in [-0.2, -0.15) is 0 Å². The van der Waals surface area contributed by atoms with Crippen LogP contribution in [0.5, 0.6) is 0 Å². The first-order valence-corrected chi connectivity index (χ1v) is 4.46. The van der Waals surface area contributed by atoms with Crippen molar-refractivity contribution in [3.05, 3.63) is 17.5 Å². The number of nitrogens with two attached hydrogens (primary N) is 1. The predicted molar refractivity (Wildman–Crippen MR) is 53.4 cm³/mol. The van der Waals surface area contributed by atoms with Gasteiger partial charge in [-0.1, -0.05) is 25.4 Å². The van der Waals surface area contributed by atoms with Crippen molar-refractivity contribution in [2.45, 2.75) is 13.8 Å². The van der Waals surface area contributed by atoms with Crippen LogP contribution in [-0.2, 0) is 0 Å². The molecule has 5 heteroatoms. The maximum atomic E-state index is 5.86. The summed E-state index contributed by atoms with van der Waals surface area (Å²) >= 11 is 5.86. The van der Waals surface area contributed by atoms with E-state index < -0.39 is 0 Å². The maximum absolute atomic E-state index is 5.86. The van der Waals surface area contributed by atoms with Crippen molar-refractivity contribution in [1.82, 2.24) is 9.97 Å². The summed E-state index contributed by atoms with van der Waals surface area (Å²) in [4.78, 5) is 7.77. The number of nitrogens with zero attached hydrogens (tertiary/aromatic N) is 3. The molecule has 1 aromatic heterocycles. The highest BCUT2D eigenvalue weighted by Gasteiger charge is 2.08. The zero-order valence-electron chi connectivity index (χ0n) is 7.74. The van der Waals surface area contributed by atoms with Crippen LogP contribution < -0.4 is 10.9 Å². The third kappa shape index (κ3) is 2.82. The van der Waals surface area contributed by atoms with Gasteiger partial charge in [0.2, 0.25) is 0 Å². The molecule has 4 nitrogen and oxygen atoms in total. The summed E-state index contributed by atoms with van der Waals surface area (Å²) in [6.45, 7) is 4.88. The highest BCUT2D eigenvalue weighted by molar-refractivity contribution is 6.32. The molecule has 0 fully saturated rings. The third-order valence-electron chi connectivity index (χ3n) is 1.48. The normalized spacial score (nSPS) is 10.5. The fourth-order valence-electron chi connectivity index (χ4n) is 0.997. The van der Waals surface area contributed by atoms with E-state index in [0.717, 1.165) is 6.54 Å². The number of hydrogen-bond acceptors (Lipinski definition) is 4. The lowest BCUT2D eigenvalue weighted by atomic mass is 10.2. The summed E-state index contributed by atoms with van der Waals surface area (Å²) < 4.78 is 0. The van der Waals surface area contributed by atoms with Gasteiger partial charge in [0, 0.05) is 6.54 Å². The molecular formula is C8H13ClN4. The van der Waals surface area contributed by atoms with Crippen LogP contribution in [0.15, 0.2) is 12.5 Å². The Hall–Kier alpha value is -0.870. The van der Waals surface area contributed by atoms with Crippen molar-refractivity contribution in [3.8, 4) is 0 Å². The Balaban J connectivity index is 2.76. The Bertz CT molecular complexity index is 277. The Morgan fingerprint density at radius 2 is 2.31 bits per heavy atom. The van der Waals surface area contributed by atoms with Crippen LogP contribution in [0.4, 0.5) is 5.82 Å². The van der Waals surface area contributed by atoms with E-state index in [1.54, 1.807) is 0 Å². The minimum Gasteiger partial charge on any atom is -0.293 e. The van der Waals surface area contributed by atoms with Crippen molar-refractivity contribution in [2.24, 2.45) is 11.8 Å². The van der Waals surface area contributed by atoms with E-state index in [-0.39, 0.29) is 0 Å². The van der Waals surface area contributed by atoms with Gasteiger partial charge in [0.1, 0.15) is 11.3 Å². The van der Waals surface area contributed by atoms with Gasteiger partial charge in [-0.25, -0.2) is 15.8 Å². The topological polar surface area (TPSA) is 55.0 Å². The molecule has 0 aliphatic rings. The predicted octanol–water partition coefficient (Wildman–Crippen LogP) is 1.47. The van der Waals surface area contributed by atoms with Gasteiger partial charge >= 0.3 is 0 Å². The SMILES string of the molecule is CC(C)CN(N)c1ncncc1Cl. The number of aromatic nitrogens is 2. The average Bonchev–Trinajstić information content (AvgIpc) is 2.03. The quantitative estimate of drug-likeness (QED) is 0.593. The second-order valence-corrected chi connectivity index (χ2v) is 3.65. The van der Waals surface area contributed by atoms with Crippen molar-refractivity contribution in [3.63, 3.8) is 0 Å². The lowest BCUT2D eigenvalue weighted by Gasteiger charge is -2.19. The van der Waals surface area contributed by atoms with Crippen molar-refractivity contribution < 1.29 is 0 Å². The van der Waals surface area contributed by atoms with Crippen LogP contribution in [-0.4, -0.2) is 16.5 Å². The monoisotopic (exact) mass is 200 g/mol. The maximum Gasteiger partial charge on any atom is 0.164 e. The fraction of sp³-hybridized carbons (Fsp3) is 0.500. The summed E-state index contributed by atoms with van der Waals surface area (Å²) in [6.07, 6.45) is 2.96. The molecule has 0 spiro atoms. The minimum absolute atomic E-state index is 0.469. The van der Waals surface area contributed by atoms with E-state index in [4.69, 9.17) is 17.4 Å². The Morgan fingerprint density at radius 1 is 1.62 bits per heavy atom. The highest BCUT2D eigenvalue weighted by Crippen LogP contribution is 2.19. The summed E-state index contributed by atoms with van der Waals surface area (Å²) in [7, 11) is 0. The summed E-state index contributed by atoms with van der Waals surface area (Å²) in [5, 5.41) is 2.01. The molecule has 1 aromatic rings. The average molecular weight is 201 g/mol. The molecule has 0 saturated carbocycles. The Kier molecular flexibility index (Phi) is 3.45. The number of hydrazine groups is 1. The van der Waals surface area contributed by atoms with E-state index in [1.807, 2.05) is 0 Å². The molecule has 13 heavy (non-hydrogen) atoms. The van der Waals surface area contributed by atoms with Crippen LogP contribution in [0, 0.1) is 5.92 Å². The van der Waals surface area contributed by atoms with Crippen LogP contribution in [0.3, 0.4) is 0 Å². The van der Waals surface area contributed by atoms with Gasteiger partial charge in [-0.05, 0) is 5.92 Å². The molecule has 0 aromatic carbocycles. The molecule has 1 rings (SSSR count). The zero-order chi connectivity index (χ0) is 9.84. The van der Waals surface area contributed by atoms with E-state index in [2.05, 4.69) is 23.8 Å². The molecule has 0 aliphatic carbocycles. The Labute approximate surface area is 82.7 Å². The number of anilines is 1. The van der Waals surface area contributed by atoms with E-state index >= 15 is 0 Å². The molecule has 0 bridgehead atoms. The van der Waals surface area contributed by atoms with Crippen molar-refractivity contribution in [2.75, 3.05) is 11.6 Å². The highest BCUT2D eigenvalue weighted by atomic mass is 35.5. The molecule has 0 radical (unpaired) electrons. The summed E-state index contributed by atoms with van der Waals surface area (Å²) in [5.74, 6) is 6.80. The first-order valence-electron chi connectivity index (χ1n) is 4.09. The van der Waals surface area contributed by atoms with Crippen LogP contribution >= 0.6 is 11.6 Å². The standard InChI is InChI=1S/C8H13ClN4/c1-6(2)4-13(10)8-7(9)3-11-5-12-8/h3,5-6H,4,10H2,1-2H3. The van der Waals surface area contributed by atoms with Gasteiger partial charge < -0.3 is 0 Å². The first-order chi connectivity index (χ1) is 6.11. The molecule has 0 aliphatic heterocycles. The van der Waals surface area contributed by atoms with E-state index in [9.17, 15) is 0 Å². The van der Waals surface area contributed by atoms with Gasteiger partial charge in [0.05, 0.1) is 6.20 Å². The molecule has 2 N–H and O–H groups in total. The second kappa shape index (κ2) is 4.39. The second-order valence-electron chi connectivity index (χ2n) is 3.24. The van der Waals surface area contributed by atoms with Gasteiger partial charge in [0.25, 0.3) is 0 Å². The molecule has 72 valence electrons. The summed E-state index contributed by atoms with van der Waals surface area (Å²) in [6, 6.07) is 0. The molecule has 0 saturated heterocycles. The fourth-order valence-corrected chi connectivity index (χ4v) is 1.21. The minimum atomic E-state index is 0.469. The molecule has 1 heterocycles. The molecule has 0 amide bonds. The van der Waals surface area contributed by atoms with E-state index in [0.29, 0.717) is 16.8 Å². The first kappa shape index (κ1) is 10.2. The largest absolute Gasteiger partial charge is 0.293 e. The lowest BCUT2D eigenvalue weighted by molar-refractivity contribution is 0.616.